The number of rotatable bonds is 1. The molecule has 0 bridgehead atoms. The Bertz CT molecular complexity index is 422. The number of hydrogen-bond acceptors (Lipinski definition) is 1. The van der Waals surface area contributed by atoms with Crippen LogP contribution < -0.4 is 5.32 Å². The Kier molecular flexibility index (Phi) is 3.93. The second-order valence-electron chi connectivity index (χ2n) is 5.50. The van der Waals surface area contributed by atoms with Crippen molar-refractivity contribution >= 4 is 12.4 Å². The maximum absolute atomic E-state index is 13.6. The summed E-state index contributed by atoms with van der Waals surface area (Å²) in [5, 5.41) is 3.35. The van der Waals surface area contributed by atoms with Gasteiger partial charge in [-0.05, 0) is 61.7 Å². The van der Waals surface area contributed by atoms with Gasteiger partial charge in [-0.2, -0.15) is 0 Å². The van der Waals surface area contributed by atoms with Crippen LogP contribution in [0.2, 0.25) is 0 Å². The number of piperidine rings is 1. The van der Waals surface area contributed by atoms with E-state index < -0.39 is 11.6 Å². The Hall–Kier alpha value is -0.670. The van der Waals surface area contributed by atoms with Crippen molar-refractivity contribution in [3.8, 4) is 0 Å². The summed E-state index contributed by atoms with van der Waals surface area (Å²) in [6, 6.07) is 4.54. The second-order valence-corrected chi connectivity index (χ2v) is 5.50. The molecule has 1 nitrogen and oxygen atoms in total. The van der Waals surface area contributed by atoms with Crippen LogP contribution in [0.15, 0.2) is 18.2 Å². The van der Waals surface area contributed by atoms with Crippen molar-refractivity contribution in [3.63, 3.8) is 0 Å². The lowest BCUT2D eigenvalue weighted by Gasteiger charge is -2.50. The van der Waals surface area contributed by atoms with Crippen molar-refractivity contribution in [2.24, 2.45) is 5.41 Å². The minimum atomic E-state index is -0.714. The van der Waals surface area contributed by atoms with Gasteiger partial charge in [-0.3, -0.25) is 0 Å². The Morgan fingerprint density at radius 2 is 1.78 bits per heavy atom. The molecule has 1 aromatic rings. The SMILES string of the molecule is Cl.Fc1cccc(C2CC3(CCNCC3)C2)c1F. The van der Waals surface area contributed by atoms with Gasteiger partial charge in [0, 0.05) is 0 Å². The molecule has 0 atom stereocenters. The highest BCUT2D eigenvalue weighted by Crippen LogP contribution is 2.56. The molecular formula is C14H18ClF2N. The molecule has 0 unspecified atom stereocenters. The van der Waals surface area contributed by atoms with Crippen LogP contribution in [-0.2, 0) is 0 Å². The number of benzene rings is 1. The molecule has 2 fully saturated rings. The first-order valence-electron chi connectivity index (χ1n) is 6.35. The summed E-state index contributed by atoms with van der Waals surface area (Å²) in [6.07, 6.45) is 4.41. The van der Waals surface area contributed by atoms with Crippen molar-refractivity contribution in [1.82, 2.24) is 5.32 Å². The molecule has 1 saturated heterocycles. The molecule has 4 heteroatoms. The second kappa shape index (κ2) is 5.14. The first-order valence-corrected chi connectivity index (χ1v) is 6.35. The van der Waals surface area contributed by atoms with Crippen molar-refractivity contribution in [2.45, 2.75) is 31.6 Å². The number of nitrogens with one attached hydrogen (secondary N) is 1. The summed E-state index contributed by atoms with van der Waals surface area (Å²) in [7, 11) is 0. The molecule has 0 aromatic heterocycles. The molecule has 1 spiro atoms. The molecule has 3 rings (SSSR count). The first kappa shape index (κ1) is 13.8. The summed E-state index contributed by atoms with van der Waals surface area (Å²) in [4.78, 5) is 0. The van der Waals surface area contributed by atoms with Crippen LogP contribution in [0.4, 0.5) is 8.78 Å². The number of hydrogen-bond donors (Lipinski definition) is 1. The molecule has 2 aliphatic rings. The van der Waals surface area contributed by atoms with Crippen molar-refractivity contribution in [2.75, 3.05) is 13.1 Å². The summed E-state index contributed by atoms with van der Waals surface area (Å²) < 4.78 is 26.8. The first-order chi connectivity index (χ1) is 8.20. The molecular weight excluding hydrogens is 256 g/mol. The molecule has 1 N–H and O–H groups in total. The monoisotopic (exact) mass is 273 g/mol. The fraction of sp³-hybridized carbons (Fsp3) is 0.571. The summed E-state index contributed by atoms with van der Waals surface area (Å²) in [5.41, 5.74) is 0.989. The van der Waals surface area contributed by atoms with E-state index in [-0.39, 0.29) is 18.3 Å². The quantitative estimate of drug-likeness (QED) is 0.824. The molecule has 1 heterocycles. The van der Waals surface area contributed by atoms with E-state index in [9.17, 15) is 8.78 Å². The smallest absolute Gasteiger partial charge is 0.162 e. The average Bonchev–Trinajstić information content (AvgIpc) is 2.31. The van der Waals surface area contributed by atoms with Gasteiger partial charge in [0.2, 0.25) is 0 Å². The lowest BCUT2D eigenvalue weighted by Crippen LogP contribution is -2.44. The highest BCUT2D eigenvalue weighted by molar-refractivity contribution is 5.85. The van der Waals surface area contributed by atoms with Gasteiger partial charge in [0.05, 0.1) is 0 Å². The fourth-order valence-corrected chi connectivity index (χ4v) is 3.41. The lowest BCUT2D eigenvalue weighted by molar-refractivity contribution is 0.0586. The third kappa shape index (κ3) is 2.26. The molecule has 1 aliphatic carbocycles. The van der Waals surface area contributed by atoms with Gasteiger partial charge in [-0.1, -0.05) is 12.1 Å². The maximum atomic E-state index is 13.6. The molecule has 100 valence electrons. The Morgan fingerprint density at radius 3 is 2.44 bits per heavy atom. The summed E-state index contributed by atoms with van der Waals surface area (Å²) in [5.74, 6) is -1.13. The van der Waals surface area contributed by atoms with Crippen LogP contribution in [0.3, 0.4) is 0 Å². The Labute approximate surface area is 112 Å². The van der Waals surface area contributed by atoms with Crippen molar-refractivity contribution < 1.29 is 8.78 Å². The third-order valence-electron chi connectivity index (χ3n) is 4.44. The molecule has 0 radical (unpaired) electrons. The van der Waals surface area contributed by atoms with E-state index in [1.807, 2.05) is 0 Å². The predicted molar refractivity (Wildman–Crippen MR) is 70.1 cm³/mol. The van der Waals surface area contributed by atoms with Gasteiger partial charge in [0.1, 0.15) is 0 Å². The minimum absolute atomic E-state index is 0. The molecule has 0 amide bonds. The van der Waals surface area contributed by atoms with E-state index in [4.69, 9.17) is 0 Å². The van der Waals surface area contributed by atoms with Gasteiger partial charge in [0.25, 0.3) is 0 Å². The van der Waals surface area contributed by atoms with Crippen molar-refractivity contribution in [1.29, 1.82) is 0 Å². The Balaban J connectivity index is 0.00000120. The van der Waals surface area contributed by atoms with Gasteiger partial charge in [0.15, 0.2) is 11.6 Å². The zero-order chi connectivity index (χ0) is 11.9. The van der Waals surface area contributed by atoms with Crippen LogP contribution in [0.25, 0.3) is 0 Å². The van der Waals surface area contributed by atoms with Gasteiger partial charge < -0.3 is 5.32 Å². The van der Waals surface area contributed by atoms with Gasteiger partial charge >= 0.3 is 0 Å². The number of halogens is 3. The standard InChI is InChI=1S/C14H17F2N.ClH/c15-12-3-1-2-11(13(12)16)10-8-14(9-10)4-6-17-7-5-14;/h1-3,10,17H,4-9H2;1H. The van der Waals surface area contributed by atoms with Crippen LogP contribution in [0.5, 0.6) is 0 Å². The summed E-state index contributed by atoms with van der Waals surface area (Å²) in [6.45, 7) is 2.14. The molecule has 1 aliphatic heterocycles. The molecule has 1 saturated carbocycles. The Morgan fingerprint density at radius 1 is 1.11 bits per heavy atom. The average molecular weight is 274 g/mol. The summed E-state index contributed by atoms with van der Waals surface area (Å²) >= 11 is 0. The van der Waals surface area contributed by atoms with Crippen LogP contribution in [-0.4, -0.2) is 13.1 Å². The highest BCUT2D eigenvalue weighted by atomic mass is 35.5. The normalized spacial score (nSPS) is 22.3. The van der Waals surface area contributed by atoms with E-state index in [0.717, 1.165) is 25.9 Å². The largest absolute Gasteiger partial charge is 0.317 e. The van der Waals surface area contributed by atoms with Gasteiger partial charge in [-0.15, -0.1) is 12.4 Å². The van der Waals surface area contributed by atoms with E-state index in [0.29, 0.717) is 11.0 Å². The fourth-order valence-electron chi connectivity index (χ4n) is 3.41. The minimum Gasteiger partial charge on any atom is -0.317 e. The van der Waals surface area contributed by atoms with Crippen molar-refractivity contribution in [3.05, 3.63) is 35.4 Å². The van der Waals surface area contributed by atoms with Crippen LogP contribution in [0, 0.1) is 17.0 Å². The molecule has 1 aromatic carbocycles. The zero-order valence-electron chi connectivity index (χ0n) is 10.2. The van der Waals surface area contributed by atoms with E-state index in [1.54, 1.807) is 12.1 Å². The zero-order valence-corrected chi connectivity index (χ0v) is 11.0. The van der Waals surface area contributed by atoms with Crippen LogP contribution >= 0.6 is 12.4 Å². The highest BCUT2D eigenvalue weighted by Gasteiger charge is 2.45. The van der Waals surface area contributed by atoms with Gasteiger partial charge in [-0.25, -0.2) is 8.78 Å². The third-order valence-corrected chi connectivity index (χ3v) is 4.44. The van der Waals surface area contributed by atoms with E-state index in [2.05, 4.69) is 5.32 Å². The van der Waals surface area contributed by atoms with E-state index >= 15 is 0 Å². The molecule has 18 heavy (non-hydrogen) atoms. The van der Waals surface area contributed by atoms with E-state index in [1.165, 1.54) is 18.9 Å². The maximum Gasteiger partial charge on any atom is 0.162 e. The van der Waals surface area contributed by atoms with Crippen LogP contribution in [0.1, 0.15) is 37.2 Å². The topological polar surface area (TPSA) is 12.0 Å². The lowest BCUT2D eigenvalue weighted by atomic mass is 9.56. The predicted octanol–water partition coefficient (Wildman–Crippen LogP) is 3.63.